The first kappa shape index (κ1) is 25.4. The molecule has 1 saturated carbocycles. The van der Waals surface area contributed by atoms with Gasteiger partial charge in [-0.15, -0.1) is 6.58 Å². The van der Waals surface area contributed by atoms with Crippen molar-refractivity contribution in [1.29, 1.82) is 0 Å². The van der Waals surface area contributed by atoms with E-state index in [1.54, 1.807) is 0 Å². The summed E-state index contributed by atoms with van der Waals surface area (Å²) in [4.78, 5) is 11.2. The van der Waals surface area contributed by atoms with Crippen molar-refractivity contribution in [1.82, 2.24) is 0 Å². The molecule has 0 spiro atoms. The van der Waals surface area contributed by atoms with E-state index in [1.165, 1.54) is 7.11 Å². The van der Waals surface area contributed by atoms with Crippen molar-refractivity contribution < 1.29 is 19.1 Å². The van der Waals surface area contributed by atoms with Gasteiger partial charge in [0.1, 0.15) is 0 Å². The lowest BCUT2D eigenvalue weighted by atomic mass is 9.85. The summed E-state index contributed by atoms with van der Waals surface area (Å²) in [5, 5.41) is 11.0. The van der Waals surface area contributed by atoms with Gasteiger partial charge in [-0.2, -0.15) is 0 Å². The minimum Gasteiger partial charge on any atom is -0.469 e. The summed E-state index contributed by atoms with van der Waals surface area (Å²) in [7, 11) is -0.414. The van der Waals surface area contributed by atoms with Gasteiger partial charge in [0.15, 0.2) is 8.32 Å². The monoisotopic (exact) mass is 412 g/mol. The molecule has 1 aliphatic rings. The second kappa shape index (κ2) is 11.5. The molecule has 164 valence electrons. The van der Waals surface area contributed by atoms with E-state index in [4.69, 9.17) is 4.43 Å². The van der Waals surface area contributed by atoms with Crippen LogP contribution in [0.15, 0.2) is 12.7 Å². The van der Waals surface area contributed by atoms with E-state index in [9.17, 15) is 9.90 Å². The molecule has 0 saturated heterocycles. The predicted molar refractivity (Wildman–Crippen MR) is 119 cm³/mol. The lowest BCUT2D eigenvalue weighted by Crippen LogP contribution is -2.45. The first-order valence-corrected chi connectivity index (χ1v) is 14.0. The number of esters is 1. The fourth-order valence-electron chi connectivity index (χ4n) is 4.06. The molecule has 0 aromatic heterocycles. The topological polar surface area (TPSA) is 55.8 Å². The predicted octanol–water partition coefficient (Wildman–Crippen LogP) is 5.85. The van der Waals surface area contributed by atoms with Crippen molar-refractivity contribution in [2.24, 2.45) is 11.8 Å². The third-order valence-electron chi connectivity index (χ3n) is 6.85. The molecule has 4 unspecified atom stereocenters. The molecule has 28 heavy (non-hydrogen) atoms. The molecule has 0 amide bonds. The quantitative estimate of drug-likeness (QED) is 0.189. The van der Waals surface area contributed by atoms with Crippen LogP contribution in [0.3, 0.4) is 0 Å². The van der Waals surface area contributed by atoms with Crippen LogP contribution in [0.1, 0.15) is 78.6 Å². The van der Waals surface area contributed by atoms with E-state index in [1.807, 2.05) is 6.08 Å². The summed E-state index contributed by atoms with van der Waals surface area (Å²) in [6, 6.07) is 0. The van der Waals surface area contributed by atoms with Gasteiger partial charge in [0, 0.05) is 6.42 Å². The summed E-state index contributed by atoms with van der Waals surface area (Å²) in [5.41, 5.74) is 0. The molecule has 0 aromatic rings. The van der Waals surface area contributed by atoms with Gasteiger partial charge >= 0.3 is 5.97 Å². The second-order valence-corrected chi connectivity index (χ2v) is 14.7. The van der Waals surface area contributed by atoms with E-state index in [-0.39, 0.29) is 23.2 Å². The standard InChI is InChI=1S/C23H44O4Si/c1-8-9-14-19-18(15-12-10-11-13-16-22(25)26-5)20(24)17-21(19)27-28(6,7)23(2,3)4/h8,18-21,24H,1,9-17H2,2-7H3. The van der Waals surface area contributed by atoms with Gasteiger partial charge in [-0.3, -0.25) is 4.79 Å². The van der Waals surface area contributed by atoms with Gasteiger partial charge < -0.3 is 14.3 Å². The maximum Gasteiger partial charge on any atom is 0.305 e. The first-order chi connectivity index (χ1) is 13.0. The van der Waals surface area contributed by atoms with Crippen LogP contribution < -0.4 is 0 Å². The van der Waals surface area contributed by atoms with Crippen LogP contribution in [0, 0.1) is 11.8 Å². The zero-order valence-corrected chi connectivity index (χ0v) is 20.1. The van der Waals surface area contributed by atoms with Crippen molar-refractivity contribution in [3.8, 4) is 0 Å². The highest BCUT2D eigenvalue weighted by Crippen LogP contribution is 2.45. The van der Waals surface area contributed by atoms with Crippen molar-refractivity contribution in [2.75, 3.05) is 7.11 Å². The zero-order valence-electron chi connectivity index (χ0n) is 19.1. The maximum atomic E-state index is 11.2. The summed E-state index contributed by atoms with van der Waals surface area (Å²) < 4.78 is 11.4. The number of aliphatic hydroxyl groups is 1. The molecule has 5 heteroatoms. The normalized spacial score (nSPS) is 25.7. The van der Waals surface area contributed by atoms with E-state index in [0.717, 1.165) is 51.4 Å². The van der Waals surface area contributed by atoms with Crippen molar-refractivity contribution in [2.45, 2.75) is 109 Å². The number of carbonyl (C=O) groups is 1. The highest BCUT2D eigenvalue weighted by molar-refractivity contribution is 6.74. The SMILES string of the molecule is C=CCCC1C(O[Si](C)(C)C(C)(C)C)CC(O)C1CCCCCCC(=O)OC. The Balaban J connectivity index is 2.61. The molecule has 1 fully saturated rings. The third-order valence-corrected chi connectivity index (χ3v) is 11.4. The molecule has 0 heterocycles. The number of hydrogen-bond donors (Lipinski definition) is 1. The van der Waals surface area contributed by atoms with E-state index >= 15 is 0 Å². The highest BCUT2D eigenvalue weighted by atomic mass is 28.4. The van der Waals surface area contributed by atoms with Gasteiger partial charge in [-0.05, 0) is 62.1 Å². The Kier molecular flexibility index (Phi) is 10.4. The van der Waals surface area contributed by atoms with Crippen molar-refractivity contribution in [3.63, 3.8) is 0 Å². The molecular formula is C23H44O4Si. The number of unbranched alkanes of at least 4 members (excludes halogenated alkanes) is 3. The van der Waals surface area contributed by atoms with Crippen LogP contribution in [-0.2, 0) is 14.0 Å². The van der Waals surface area contributed by atoms with Gasteiger partial charge in [0.2, 0.25) is 0 Å². The summed E-state index contributed by atoms with van der Waals surface area (Å²) >= 11 is 0. The number of rotatable bonds is 12. The van der Waals surface area contributed by atoms with Crippen LogP contribution in [0.5, 0.6) is 0 Å². The Morgan fingerprint density at radius 3 is 2.36 bits per heavy atom. The van der Waals surface area contributed by atoms with Crippen LogP contribution >= 0.6 is 0 Å². The lowest BCUT2D eigenvalue weighted by Gasteiger charge is -2.40. The summed E-state index contributed by atoms with van der Waals surface area (Å²) in [5.74, 6) is 0.605. The van der Waals surface area contributed by atoms with E-state index < -0.39 is 8.32 Å². The number of aliphatic hydroxyl groups excluding tert-OH is 1. The highest BCUT2D eigenvalue weighted by Gasteiger charge is 2.47. The van der Waals surface area contributed by atoms with Crippen LogP contribution in [0.25, 0.3) is 0 Å². The molecule has 0 aromatic carbocycles. The zero-order chi connectivity index (χ0) is 21.4. The molecule has 1 aliphatic carbocycles. The average Bonchev–Trinajstić information content (AvgIpc) is 2.88. The fourth-order valence-corrected chi connectivity index (χ4v) is 5.44. The molecule has 0 bridgehead atoms. The number of methoxy groups -OCH3 is 1. The number of allylic oxidation sites excluding steroid dienone is 1. The molecule has 1 N–H and O–H groups in total. The molecule has 0 radical (unpaired) electrons. The Labute approximate surface area is 174 Å². The van der Waals surface area contributed by atoms with Crippen LogP contribution in [0.2, 0.25) is 18.1 Å². The van der Waals surface area contributed by atoms with Crippen LogP contribution in [0.4, 0.5) is 0 Å². The van der Waals surface area contributed by atoms with Crippen molar-refractivity contribution in [3.05, 3.63) is 12.7 Å². The number of carbonyl (C=O) groups excluding carboxylic acids is 1. The van der Waals surface area contributed by atoms with E-state index in [0.29, 0.717) is 18.3 Å². The second-order valence-electron chi connectivity index (χ2n) is 9.94. The minimum atomic E-state index is -1.85. The fraction of sp³-hybridized carbons (Fsp3) is 0.870. The Hall–Kier alpha value is -0.653. The van der Waals surface area contributed by atoms with Crippen molar-refractivity contribution >= 4 is 14.3 Å². The Bertz CT molecular complexity index is 483. The van der Waals surface area contributed by atoms with Gasteiger partial charge in [0.05, 0.1) is 19.3 Å². The number of ether oxygens (including phenoxy) is 1. The van der Waals surface area contributed by atoms with E-state index in [2.05, 4.69) is 45.2 Å². The average molecular weight is 413 g/mol. The molecule has 1 rings (SSSR count). The van der Waals surface area contributed by atoms with Gasteiger partial charge in [0.25, 0.3) is 0 Å². The largest absolute Gasteiger partial charge is 0.469 e. The van der Waals surface area contributed by atoms with Gasteiger partial charge in [-0.1, -0.05) is 46.1 Å². The third kappa shape index (κ3) is 7.64. The first-order valence-electron chi connectivity index (χ1n) is 11.1. The summed E-state index contributed by atoms with van der Waals surface area (Å²) in [6.07, 6.45) is 10.3. The molecular weight excluding hydrogens is 368 g/mol. The molecule has 4 atom stereocenters. The summed E-state index contributed by atoms with van der Waals surface area (Å²) in [6.45, 7) is 15.3. The Morgan fingerprint density at radius 1 is 1.14 bits per heavy atom. The maximum absolute atomic E-state index is 11.2. The molecule has 0 aliphatic heterocycles. The Morgan fingerprint density at radius 2 is 1.79 bits per heavy atom. The smallest absolute Gasteiger partial charge is 0.305 e. The number of hydrogen-bond acceptors (Lipinski definition) is 4. The van der Waals surface area contributed by atoms with Crippen LogP contribution in [-0.4, -0.2) is 38.7 Å². The molecule has 4 nitrogen and oxygen atoms in total. The lowest BCUT2D eigenvalue weighted by molar-refractivity contribution is -0.140. The minimum absolute atomic E-state index is 0.124. The van der Waals surface area contributed by atoms with Gasteiger partial charge in [-0.25, -0.2) is 0 Å².